The minimum absolute atomic E-state index is 0.912. The Morgan fingerprint density at radius 1 is 0.826 bits per heavy atom. The van der Waals surface area contributed by atoms with E-state index in [4.69, 9.17) is 12.8 Å². The van der Waals surface area contributed by atoms with Crippen molar-refractivity contribution < 1.29 is 0 Å². The van der Waals surface area contributed by atoms with E-state index >= 15 is 0 Å². The predicted octanol–water partition coefficient (Wildman–Crippen LogP) is 6.66. The third-order valence-corrected chi connectivity index (χ3v) is 5.20. The van der Waals surface area contributed by atoms with E-state index in [1.807, 2.05) is 30.0 Å². The maximum absolute atomic E-state index is 5.56. The first-order chi connectivity index (χ1) is 11.3. The zero-order chi connectivity index (χ0) is 16.8. The molecule has 23 heavy (non-hydrogen) atoms. The Kier molecular flexibility index (Phi) is 11.3. The fraction of sp³-hybridized carbons (Fsp3) is 0.545. The summed E-state index contributed by atoms with van der Waals surface area (Å²) in [4.78, 5) is 1.15. The molecule has 0 spiro atoms. The van der Waals surface area contributed by atoms with Crippen molar-refractivity contribution in [2.45, 2.75) is 76.0 Å². The van der Waals surface area contributed by atoms with E-state index < -0.39 is 0 Å². The van der Waals surface area contributed by atoms with Gasteiger partial charge in [0.15, 0.2) is 0 Å². The number of hydrogen-bond donors (Lipinski definition) is 0. The van der Waals surface area contributed by atoms with Gasteiger partial charge in [-0.15, -0.1) is 24.6 Å². The van der Waals surface area contributed by atoms with Crippen LogP contribution in [0.3, 0.4) is 0 Å². The van der Waals surface area contributed by atoms with Crippen molar-refractivity contribution in [1.29, 1.82) is 0 Å². The lowest BCUT2D eigenvalue weighted by Crippen LogP contribution is -1.87. The lowest BCUT2D eigenvalue weighted by molar-refractivity contribution is 0.563. The van der Waals surface area contributed by atoms with Crippen LogP contribution >= 0.6 is 11.8 Å². The van der Waals surface area contributed by atoms with Gasteiger partial charge in [-0.05, 0) is 30.4 Å². The number of hydrogen-bond acceptors (Lipinski definition) is 1. The van der Waals surface area contributed by atoms with Crippen molar-refractivity contribution in [2.24, 2.45) is 0 Å². The van der Waals surface area contributed by atoms with Crippen LogP contribution in [0.4, 0.5) is 0 Å². The molecule has 0 aliphatic heterocycles. The first-order valence-electron chi connectivity index (χ1n) is 9.02. The second kappa shape index (κ2) is 13.2. The third-order valence-electron chi connectivity index (χ3n) is 4.06. The summed E-state index contributed by atoms with van der Waals surface area (Å²) in [5.41, 5.74) is 1.87. The van der Waals surface area contributed by atoms with E-state index in [1.165, 1.54) is 64.2 Å². The van der Waals surface area contributed by atoms with E-state index in [1.54, 1.807) is 0 Å². The average molecular weight is 327 g/mol. The lowest BCUT2D eigenvalue weighted by atomic mass is 10.1. The molecule has 0 bridgehead atoms. The van der Waals surface area contributed by atoms with Gasteiger partial charge in [-0.3, -0.25) is 0 Å². The number of unbranched alkanes of at least 4 members (excludes halogenated alkanes) is 9. The second-order valence-electron chi connectivity index (χ2n) is 6.03. The molecule has 0 nitrogen and oxygen atoms in total. The van der Waals surface area contributed by atoms with Crippen molar-refractivity contribution in [3.63, 3.8) is 0 Å². The molecule has 0 heterocycles. The summed E-state index contributed by atoms with van der Waals surface area (Å²) in [6.45, 7) is 2.27. The summed E-state index contributed by atoms with van der Waals surface area (Å²) in [6.07, 6.45) is 24.7. The maximum atomic E-state index is 5.56. The van der Waals surface area contributed by atoms with Crippen molar-refractivity contribution in [3.8, 4) is 24.7 Å². The molecule has 0 unspecified atom stereocenters. The molecule has 0 saturated carbocycles. The summed E-state index contributed by atoms with van der Waals surface area (Å²) >= 11 is 1.84. The van der Waals surface area contributed by atoms with Crippen LogP contribution in [0.1, 0.15) is 82.3 Å². The molecular weight excluding hydrogens is 296 g/mol. The number of terminal acetylenes is 2. The van der Waals surface area contributed by atoms with Crippen LogP contribution in [-0.2, 0) is 0 Å². The largest absolute Gasteiger partial charge is 0.125 e. The van der Waals surface area contributed by atoms with Gasteiger partial charge >= 0.3 is 0 Å². The summed E-state index contributed by atoms with van der Waals surface area (Å²) in [7, 11) is 0. The lowest BCUT2D eigenvalue weighted by Gasteiger charge is -2.06. The highest BCUT2D eigenvalue weighted by Gasteiger charge is 2.02. The fourth-order valence-corrected chi connectivity index (χ4v) is 3.68. The van der Waals surface area contributed by atoms with Crippen LogP contribution in [-0.4, -0.2) is 5.75 Å². The quantitative estimate of drug-likeness (QED) is 0.235. The van der Waals surface area contributed by atoms with Crippen LogP contribution in [0.25, 0.3) is 0 Å². The SMILES string of the molecule is C#Cc1ccc(C#C)c(SCCCCCCCCCCCC)c1. The second-order valence-corrected chi connectivity index (χ2v) is 7.17. The molecule has 0 atom stereocenters. The average Bonchev–Trinajstić information content (AvgIpc) is 2.59. The Bertz CT molecular complexity index is 516. The van der Waals surface area contributed by atoms with E-state index in [9.17, 15) is 0 Å². The van der Waals surface area contributed by atoms with Crippen LogP contribution in [0.2, 0.25) is 0 Å². The fourth-order valence-electron chi connectivity index (χ4n) is 2.62. The molecule has 0 aliphatic carbocycles. The Balaban J connectivity index is 2.09. The highest BCUT2D eigenvalue weighted by Crippen LogP contribution is 2.25. The van der Waals surface area contributed by atoms with E-state index in [0.717, 1.165) is 21.8 Å². The molecule has 0 radical (unpaired) electrons. The Morgan fingerprint density at radius 2 is 1.43 bits per heavy atom. The van der Waals surface area contributed by atoms with Gasteiger partial charge in [0, 0.05) is 16.0 Å². The van der Waals surface area contributed by atoms with Crippen molar-refractivity contribution in [2.75, 3.05) is 5.75 Å². The van der Waals surface area contributed by atoms with Gasteiger partial charge in [0.25, 0.3) is 0 Å². The molecule has 0 amide bonds. The molecule has 0 saturated heterocycles. The molecule has 0 aliphatic rings. The van der Waals surface area contributed by atoms with E-state index in [-0.39, 0.29) is 0 Å². The van der Waals surface area contributed by atoms with Crippen LogP contribution in [0.5, 0.6) is 0 Å². The first kappa shape index (κ1) is 19.7. The third kappa shape index (κ3) is 8.78. The molecular formula is C22H30S. The van der Waals surface area contributed by atoms with Gasteiger partial charge in [0.2, 0.25) is 0 Å². The van der Waals surface area contributed by atoms with Gasteiger partial charge in [0.1, 0.15) is 0 Å². The smallest absolute Gasteiger partial charge is 0.0379 e. The first-order valence-corrected chi connectivity index (χ1v) is 10.0. The topological polar surface area (TPSA) is 0 Å². The highest BCUT2D eigenvalue weighted by molar-refractivity contribution is 7.99. The van der Waals surface area contributed by atoms with Gasteiger partial charge in [0.05, 0.1) is 0 Å². The Labute approximate surface area is 147 Å². The monoisotopic (exact) mass is 326 g/mol. The van der Waals surface area contributed by atoms with Crippen molar-refractivity contribution in [3.05, 3.63) is 29.3 Å². The molecule has 0 aromatic heterocycles. The van der Waals surface area contributed by atoms with E-state index in [2.05, 4.69) is 18.8 Å². The zero-order valence-corrected chi connectivity index (χ0v) is 15.4. The highest BCUT2D eigenvalue weighted by atomic mass is 32.2. The van der Waals surface area contributed by atoms with Gasteiger partial charge in [-0.1, -0.05) is 76.6 Å². The van der Waals surface area contributed by atoms with E-state index in [0.29, 0.717) is 0 Å². The molecule has 1 aromatic rings. The van der Waals surface area contributed by atoms with Gasteiger partial charge in [-0.25, -0.2) is 0 Å². The van der Waals surface area contributed by atoms with Crippen LogP contribution < -0.4 is 0 Å². The molecule has 1 aromatic carbocycles. The summed E-state index contributed by atoms with van der Waals surface area (Å²) in [5.74, 6) is 6.55. The minimum atomic E-state index is 0.912. The van der Waals surface area contributed by atoms with Gasteiger partial charge < -0.3 is 0 Å². The molecule has 1 heteroatoms. The van der Waals surface area contributed by atoms with Gasteiger partial charge in [-0.2, -0.15) is 0 Å². The minimum Gasteiger partial charge on any atom is -0.125 e. The predicted molar refractivity (Wildman–Crippen MR) is 105 cm³/mol. The number of benzene rings is 1. The Morgan fingerprint density at radius 3 is 2.00 bits per heavy atom. The molecule has 0 fully saturated rings. The number of thioether (sulfide) groups is 1. The van der Waals surface area contributed by atoms with Crippen molar-refractivity contribution in [1.82, 2.24) is 0 Å². The summed E-state index contributed by atoms with van der Waals surface area (Å²) < 4.78 is 0. The zero-order valence-electron chi connectivity index (χ0n) is 14.6. The molecule has 124 valence electrons. The molecule has 0 N–H and O–H groups in total. The maximum Gasteiger partial charge on any atom is 0.0379 e. The summed E-state index contributed by atoms with van der Waals surface area (Å²) in [6, 6.07) is 5.91. The standard InChI is InChI=1S/C22H30S/c1-4-7-8-9-10-11-12-13-14-15-18-23-22-19-20(5-2)16-17-21(22)6-3/h2-3,16-17,19H,4,7-15,18H2,1H3. The van der Waals surface area contributed by atoms with Crippen molar-refractivity contribution >= 4 is 11.8 Å². The molecule has 1 rings (SSSR count). The Hall–Kier alpha value is -1.31. The number of rotatable bonds is 12. The summed E-state index contributed by atoms with van der Waals surface area (Å²) in [5, 5.41) is 0. The van der Waals surface area contributed by atoms with Crippen LogP contribution in [0.15, 0.2) is 23.1 Å². The normalized spacial score (nSPS) is 10.2. The van der Waals surface area contributed by atoms with Crippen LogP contribution in [0, 0.1) is 24.7 Å².